The third kappa shape index (κ3) is 5.55. The van der Waals surface area contributed by atoms with Crippen LogP contribution in [0.5, 0.6) is 5.75 Å². The van der Waals surface area contributed by atoms with Gasteiger partial charge in [-0.1, -0.05) is 28.1 Å². The summed E-state index contributed by atoms with van der Waals surface area (Å²) >= 11 is 5.09. The number of thioether (sulfide) groups is 1. The summed E-state index contributed by atoms with van der Waals surface area (Å²) in [5, 5.41) is 8.71. The van der Waals surface area contributed by atoms with E-state index in [1.807, 2.05) is 49.4 Å². The van der Waals surface area contributed by atoms with Crippen LogP contribution in [-0.4, -0.2) is 27.7 Å². The third-order valence-electron chi connectivity index (χ3n) is 3.70. The van der Waals surface area contributed by atoms with Crippen LogP contribution < -0.4 is 4.74 Å². The maximum Gasteiger partial charge on any atom is 0.341 e. The van der Waals surface area contributed by atoms with E-state index in [1.54, 1.807) is 24.0 Å². The van der Waals surface area contributed by atoms with Gasteiger partial charge in [-0.3, -0.25) is 0 Å². The summed E-state index contributed by atoms with van der Waals surface area (Å²) in [6, 6.07) is 15.5. The van der Waals surface area contributed by atoms with E-state index in [4.69, 9.17) is 9.84 Å². The topological polar surface area (TPSA) is 72.3 Å². The van der Waals surface area contributed by atoms with Crippen LogP contribution in [0.2, 0.25) is 0 Å². The minimum absolute atomic E-state index is 0.340. The van der Waals surface area contributed by atoms with Crippen LogP contribution in [0.1, 0.15) is 11.3 Å². The Labute approximate surface area is 170 Å². The molecule has 0 saturated carbocycles. The zero-order chi connectivity index (χ0) is 19.2. The van der Waals surface area contributed by atoms with E-state index in [1.165, 1.54) is 0 Å². The van der Waals surface area contributed by atoms with Gasteiger partial charge in [0.15, 0.2) is 12.4 Å². The Morgan fingerprint density at radius 1 is 1.19 bits per heavy atom. The molecule has 0 bridgehead atoms. The zero-order valence-electron chi connectivity index (χ0n) is 14.6. The highest BCUT2D eigenvalue weighted by atomic mass is 79.9. The van der Waals surface area contributed by atoms with Gasteiger partial charge in [0.25, 0.3) is 0 Å². The van der Waals surface area contributed by atoms with Gasteiger partial charge in [-0.2, -0.15) is 0 Å². The summed E-state index contributed by atoms with van der Waals surface area (Å²) < 4.78 is 6.27. The lowest BCUT2D eigenvalue weighted by molar-refractivity contribution is -0.139. The Morgan fingerprint density at radius 2 is 1.96 bits per heavy atom. The number of benzene rings is 2. The molecule has 0 saturated heterocycles. The summed E-state index contributed by atoms with van der Waals surface area (Å²) in [7, 11) is 0. The van der Waals surface area contributed by atoms with Gasteiger partial charge < -0.3 is 9.84 Å². The summed E-state index contributed by atoms with van der Waals surface area (Å²) in [6.45, 7) is 1.56. The molecule has 3 aromatic rings. The highest BCUT2D eigenvalue weighted by Crippen LogP contribution is 2.28. The Balaban J connectivity index is 1.66. The Kier molecular flexibility index (Phi) is 6.47. The van der Waals surface area contributed by atoms with Crippen molar-refractivity contribution in [3.8, 4) is 17.1 Å². The molecule has 0 aliphatic rings. The SMILES string of the molecule is Cc1cc(SCc2ccnc(-c3ccc(Br)cc3)n2)ccc1OCC(=O)O. The molecule has 1 heterocycles. The van der Waals surface area contributed by atoms with Crippen molar-refractivity contribution in [3.05, 3.63) is 70.5 Å². The molecule has 0 fully saturated rings. The number of carbonyl (C=O) groups is 1. The van der Waals surface area contributed by atoms with Crippen LogP contribution in [0.3, 0.4) is 0 Å². The van der Waals surface area contributed by atoms with Crippen molar-refractivity contribution in [2.24, 2.45) is 0 Å². The molecule has 138 valence electrons. The lowest BCUT2D eigenvalue weighted by Crippen LogP contribution is -2.09. The fraction of sp³-hybridized carbons (Fsp3) is 0.150. The quantitative estimate of drug-likeness (QED) is 0.518. The number of hydrogen-bond donors (Lipinski definition) is 1. The molecule has 0 unspecified atom stereocenters. The lowest BCUT2D eigenvalue weighted by atomic mass is 10.2. The van der Waals surface area contributed by atoms with Crippen LogP contribution >= 0.6 is 27.7 Å². The highest BCUT2D eigenvalue weighted by Gasteiger charge is 2.07. The minimum atomic E-state index is -0.988. The minimum Gasteiger partial charge on any atom is -0.482 e. The highest BCUT2D eigenvalue weighted by molar-refractivity contribution is 9.10. The van der Waals surface area contributed by atoms with Crippen molar-refractivity contribution in [2.75, 3.05) is 6.61 Å². The van der Waals surface area contributed by atoms with Gasteiger partial charge in [-0.25, -0.2) is 14.8 Å². The number of aliphatic carboxylic acids is 1. The Bertz CT molecular complexity index is 948. The van der Waals surface area contributed by atoms with E-state index in [9.17, 15) is 4.79 Å². The van der Waals surface area contributed by atoms with Crippen molar-refractivity contribution < 1.29 is 14.6 Å². The number of aromatic nitrogens is 2. The van der Waals surface area contributed by atoms with E-state index in [-0.39, 0.29) is 6.61 Å². The fourth-order valence-corrected chi connectivity index (χ4v) is 3.55. The maximum absolute atomic E-state index is 10.6. The maximum atomic E-state index is 10.6. The van der Waals surface area contributed by atoms with Crippen molar-refractivity contribution in [3.63, 3.8) is 0 Å². The first kappa shape index (κ1) is 19.4. The van der Waals surface area contributed by atoms with Crippen molar-refractivity contribution in [1.29, 1.82) is 0 Å². The fourth-order valence-electron chi connectivity index (χ4n) is 2.38. The second-order valence-electron chi connectivity index (χ2n) is 5.78. The van der Waals surface area contributed by atoms with Crippen LogP contribution in [0, 0.1) is 6.92 Å². The van der Waals surface area contributed by atoms with E-state index < -0.39 is 5.97 Å². The summed E-state index contributed by atoms with van der Waals surface area (Å²) in [5.74, 6) is 1.01. The summed E-state index contributed by atoms with van der Waals surface area (Å²) in [6.07, 6.45) is 1.77. The number of nitrogens with zero attached hydrogens (tertiary/aromatic N) is 2. The molecule has 0 aliphatic carbocycles. The molecule has 0 aliphatic heterocycles. The number of halogens is 1. The van der Waals surface area contributed by atoms with E-state index in [2.05, 4.69) is 25.9 Å². The second kappa shape index (κ2) is 9.01. The number of aryl methyl sites for hydroxylation is 1. The number of rotatable bonds is 7. The van der Waals surface area contributed by atoms with Crippen LogP contribution in [0.4, 0.5) is 0 Å². The number of carboxylic acid groups (broad SMARTS) is 1. The molecule has 1 aromatic heterocycles. The Hall–Kier alpha value is -2.38. The average Bonchev–Trinajstić information content (AvgIpc) is 2.66. The molecular weight excluding hydrogens is 428 g/mol. The molecule has 0 amide bonds. The van der Waals surface area contributed by atoms with E-state index in [0.717, 1.165) is 26.2 Å². The largest absolute Gasteiger partial charge is 0.482 e. The molecule has 0 spiro atoms. The molecule has 3 rings (SSSR count). The molecule has 27 heavy (non-hydrogen) atoms. The predicted octanol–water partition coefficient (Wildman–Crippen LogP) is 4.97. The first-order chi connectivity index (χ1) is 13.0. The smallest absolute Gasteiger partial charge is 0.341 e. The second-order valence-corrected chi connectivity index (χ2v) is 7.74. The number of carboxylic acids is 1. The average molecular weight is 445 g/mol. The first-order valence-electron chi connectivity index (χ1n) is 8.17. The molecule has 1 N–H and O–H groups in total. The van der Waals surface area contributed by atoms with E-state index >= 15 is 0 Å². The first-order valence-corrected chi connectivity index (χ1v) is 9.95. The normalized spacial score (nSPS) is 10.6. The Morgan fingerprint density at radius 3 is 2.67 bits per heavy atom. The molecule has 0 radical (unpaired) electrons. The number of ether oxygens (including phenoxy) is 1. The molecule has 2 aromatic carbocycles. The van der Waals surface area contributed by atoms with Gasteiger partial charge >= 0.3 is 5.97 Å². The number of hydrogen-bond acceptors (Lipinski definition) is 5. The third-order valence-corrected chi connectivity index (χ3v) is 5.26. The van der Waals surface area contributed by atoms with Gasteiger partial charge in [-0.05, 0) is 48.9 Å². The molecular formula is C20H17BrN2O3S. The van der Waals surface area contributed by atoms with Gasteiger partial charge in [0.1, 0.15) is 5.75 Å². The molecule has 0 atom stereocenters. The van der Waals surface area contributed by atoms with Crippen LogP contribution in [0.15, 0.2) is 64.1 Å². The van der Waals surface area contributed by atoms with Crippen molar-refractivity contribution in [1.82, 2.24) is 9.97 Å². The van der Waals surface area contributed by atoms with Crippen LogP contribution in [0.25, 0.3) is 11.4 Å². The summed E-state index contributed by atoms with van der Waals surface area (Å²) in [4.78, 5) is 20.7. The zero-order valence-corrected chi connectivity index (χ0v) is 17.0. The summed E-state index contributed by atoms with van der Waals surface area (Å²) in [5.41, 5.74) is 2.82. The van der Waals surface area contributed by atoms with Crippen molar-refractivity contribution >= 4 is 33.7 Å². The monoisotopic (exact) mass is 444 g/mol. The van der Waals surface area contributed by atoms with Gasteiger partial charge in [-0.15, -0.1) is 11.8 Å². The lowest BCUT2D eigenvalue weighted by Gasteiger charge is -2.09. The van der Waals surface area contributed by atoms with Gasteiger partial charge in [0.2, 0.25) is 0 Å². The van der Waals surface area contributed by atoms with Gasteiger partial charge in [0.05, 0.1) is 5.69 Å². The van der Waals surface area contributed by atoms with Crippen LogP contribution in [-0.2, 0) is 10.5 Å². The van der Waals surface area contributed by atoms with E-state index in [0.29, 0.717) is 17.3 Å². The van der Waals surface area contributed by atoms with Gasteiger partial charge in [0, 0.05) is 26.9 Å². The molecule has 7 heteroatoms. The van der Waals surface area contributed by atoms with Crippen molar-refractivity contribution in [2.45, 2.75) is 17.6 Å². The predicted molar refractivity (Wildman–Crippen MR) is 109 cm³/mol. The standard InChI is InChI=1S/C20H17BrN2O3S/c1-13-10-17(6-7-18(13)26-11-19(24)25)27-12-16-8-9-22-20(23-16)14-2-4-15(21)5-3-14/h2-10H,11-12H2,1H3,(H,24,25). The molecule has 5 nitrogen and oxygen atoms in total.